The van der Waals surface area contributed by atoms with Crippen LogP contribution in [0.4, 0.5) is 0 Å². The van der Waals surface area contributed by atoms with Crippen LogP contribution in [-0.4, -0.2) is 38.4 Å². The van der Waals surface area contributed by atoms with E-state index in [0.717, 1.165) is 6.42 Å². The Hall–Kier alpha value is -0.610. The molecule has 0 atom stereocenters. The molecule has 0 aliphatic heterocycles. The molecular formula is C13H27NO3. The summed E-state index contributed by atoms with van der Waals surface area (Å²) in [4.78, 5) is 11.3. The number of nitrogens with one attached hydrogen (secondary N) is 1. The summed E-state index contributed by atoms with van der Waals surface area (Å²) >= 11 is 0. The highest BCUT2D eigenvalue weighted by Gasteiger charge is 2.02. The standard InChI is InChI=1S/C13H27NO3/c1-11(2)5-6-13(15)14-7-8-16-9-10-17-12(3)4/h11-12H,5-10H2,1-4H3,(H,14,15). The zero-order valence-corrected chi connectivity index (χ0v) is 11.6. The van der Waals surface area contributed by atoms with Crippen LogP contribution in [-0.2, 0) is 14.3 Å². The summed E-state index contributed by atoms with van der Waals surface area (Å²) in [7, 11) is 0. The summed E-state index contributed by atoms with van der Waals surface area (Å²) in [5, 5.41) is 2.83. The number of hydrogen-bond donors (Lipinski definition) is 1. The van der Waals surface area contributed by atoms with Crippen molar-refractivity contribution in [3.8, 4) is 0 Å². The van der Waals surface area contributed by atoms with Crippen molar-refractivity contribution in [1.29, 1.82) is 0 Å². The molecule has 0 aromatic heterocycles. The Morgan fingerprint density at radius 2 is 1.82 bits per heavy atom. The molecule has 0 aromatic carbocycles. The molecule has 0 saturated heterocycles. The molecule has 0 saturated carbocycles. The molecule has 0 aliphatic rings. The van der Waals surface area contributed by atoms with E-state index in [1.807, 2.05) is 13.8 Å². The van der Waals surface area contributed by atoms with Gasteiger partial charge in [0.15, 0.2) is 0 Å². The minimum atomic E-state index is 0.112. The van der Waals surface area contributed by atoms with Gasteiger partial charge in [0.1, 0.15) is 0 Å². The predicted molar refractivity (Wildman–Crippen MR) is 69.0 cm³/mol. The second-order valence-electron chi connectivity index (χ2n) is 4.81. The van der Waals surface area contributed by atoms with Crippen LogP contribution in [0.25, 0.3) is 0 Å². The number of ether oxygens (including phenoxy) is 2. The molecule has 0 spiro atoms. The molecule has 0 aliphatic carbocycles. The van der Waals surface area contributed by atoms with Gasteiger partial charge in [-0.1, -0.05) is 13.8 Å². The zero-order chi connectivity index (χ0) is 13.1. The van der Waals surface area contributed by atoms with Gasteiger partial charge in [-0.3, -0.25) is 4.79 Å². The third kappa shape index (κ3) is 13.3. The van der Waals surface area contributed by atoms with Gasteiger partial charge in [-0.05, 0) is 26.2 Å². The van der Waals surface area contributed by atoms with Crippen LogP contribution in [0.1, 0.15) is 40.5 Å². The molecule has 0 heterocycles. The zero-order valence-electron chi connectivity index (χ0n) is 11.6. The van der Waals surface area contributed by atoms with Gasteiger partial charge in [-0.2, -0.15) is 0 Å². The summed E-state index contributed by atoms with van der Waals surface area (Å²) in [5.41, 5.74) is 0. The van der Waals surface area contributed by atoms with Gasteiger partial charge in [-0.15, -0.1) is 0 Å². The van der Waals surface area contributed by atoms with Gasteiger partial charge >= 0.3 is 0 Å². The second kappa shape index (κ2) is 10.5. The maximum absolute atomic E-state index is 11.3. The molecule has 102 valence electrons. The lowest BCUT2D eigenvalue weighted by atomic mass is 10.1. The van der Waals surface area contributed by atoms with E-state index in [1.54, 1.807) is 0 Å². The summed E-state index contributed by atoms with van der Waals surface area (Å²) in [5.74, 6) is 0.686. The Morgan fingerprint density at radius 1 is 1.12 bits per heavy atom. The number of carbonyl (C=O) groups is 1. The lowest BCUT2D eigenvalue weighted by molar-refractivity contribution is -0.121. The number of rotatable bonds is 10. The maximum Gasteiger partial charge on any atom is 0.220 e. The maximum atomic E-state index is 11.3. The Balaban J connectivity index is 3.19. The highest BCUT2D eigenvalue weighted by molar-refractivity contribution is 5.75. The first-order valence-electron chi connectivity index (χ1n) is 6.48. The lowest BCUT2D eigenvalue weighted by Crippen LogP contribution is -2.27. The van der Waals surface area contributed by atoms with Crippen LogP contribution in [0.5, 0.6) is 0 Å². The van der Waals surface area contributed by atoms with E-state index < -0.39 is 0 Å². The first kappa shape index (κ1) is 16.4. The van der Waals surface area contributed by atoms with E-state index in [9.17, 15) is 4.79 Å². The highest BCUT2D eigenvalue weighted by atomic mass is 16.5. The molecule has 0 bridgehead atoms. The quantitative estimate of drug-likeness (QED) is 0.599. The fourth-order valence-electron chi connectivity index (χ4n) is 1.22. The van der Waals surface area contributed by atoms with Gasteiger partial charge in [0.25, 0.3) is 0 Å². The molecule has 0 unspecified atom stereocenters. The summed E-state index contributed by atoms with van der Waals surface area (Å²) < 4.78 is 10.6. The third-order valence-electron chi connectivity index (χ3n) is 2.20. The lowest BCUT2D eigenvalue weighted by Gasteiger charge is -2.09. The van der Waals surface area contributed by atoms with E-state index in [-0.39, 0.29) is 12.0 Å². The van der Waals surface area contributed by atoms with Crippen LogP contribution in [0.15, 0.2) is 0 Å². The minimum Gasteiger partial charge on any atom is -0.377 e. The first-order valence-corrected chi connectivity index (χ1v) is 6.48. The summed E-state index contributed by atoms with van der Waals surface area (Å²) in [6.45, 7) is 10.5. The van der Waals surface area contributed by atoms with Crippen molar-refractivity contribution in [2.45, 2.75) is 46.6 Å². The Morgan fingerprint density at radius 3 is 2.41 bits per heavy atom. The molecule has 4 heteroatoms. The van der Waals surface area contributed by atoms with Crippen molar-refractivity contribution in [1.82, 2.24) is 5.32 Å². The molecular weight excluding hydrogens is 218 g/mol. The van der Waals surface area contributed by atoms with Crippen LogP contribution >= 0.6 is 0 Å². The van der Waals surface area contributed by atoms with Crippen molar-refractivity contribution in [3.63, 3.8) is 0 Å². The smallest absolute Gasteiger partial charge is 0.220 e. The van der Waals surface area contributed by atoms with Crippen molar-refractivity contribution >= 4 is 5.91 Å². The largest absolute Gasteiger partial charge is 0.377 e. The van der Waals surface area contributed by atoms with E-state index >= 15 is 0 Å². The molecule has 0 radical (unpaired) electrons. The highest BCUT2D eigenvalue weighted by Crippen LogP contribution is 2.02. The van der Waals surface area contributed by atoms with E-state index in [1.165, 1.54) is 0 Å². The predicted octanol–water partition coefficient (Wildman–Crippen LogP) is 1.98. The number of carbonyl (C=O) groups excluding carboxylic acids is 1. The number of amides is 1. The van der Waals surface area contributed by atoms with Crippen molar-refractivity contribution in [2.75, 3.05) is 26.4 Å². The molecule has 1 N–H and O–H groups in total. The Labute approximate surface area is 105 Å². The Bertz CT molecular complexity index is 193. The summed E-state index contributed by atoms with van der Waals surface area (Å²) in [6.07, 6.45) is 1.79. The van der Waals surface area contributed by atoms with Gasteiger partial charge in [0.05, 0.1) is 25.9 Å². The topological polar surface area (TPSA) is 47.6 Å². The molecule has 1 amide bonds. The molecule has 17 heavy (non-hydrogen) atoms. The number of hydrogen-bond acceptors (Lipinski definition) is 3. The normalized spacial score (nSPS) is 11.2. The minimum absolute atomic E-state index is 0.112. The second-order valence-corrected chi connectivity index (χ2v) is 4.81. The molecule has 0 aromatic rings. The third-order valence-corrected chi connectivity index (χ3v) is 2.20. The van der Waals surface area contributed by atoms with Crippen molar-refractivity contribution < 1.29 is 14.3 Å². The SMILES string of the molecule is CC(C)CCC(=O)NCCOCCOC(C)C. The monoisotopic (exact) mass is 245 g/mol. The fourth-order valence-corrected chi connectivity index (χ4v) is 1.22. The van der Waals surface area contributed by atoms with E-state index in [2.05, 4.69) is 19.2 Å². The fraction of sp³-hybridized carbons (Fsp3) is 0.923. The molecule has 4 nitrogen and oxygen atoms in total. The average molecular weight is 245 g/mol. The van der Waals surface area contributed by atoms with Crippen LogP contribution in [0, 0.1) is 5.92 Å². The molecule has 0 rings (SSSR count). The van der Waals surface area contributed by atoms with Gasteiger partial charge in [0.2, 0.25) is 5.91 Å². The Kier molecular flexibility index (Phi) is 10.2. The molecule has 0 fully saturated rings. The van der Waals surface area contributed by atoms with Gasteiger partial charge in [-0.25, -0.2) is 0 Å². The van der Waals surface area contributed by atoms with Gasteiger partial charge < -0.3 is 14.8 Å². The van der Waals surface area contributed by atoms with Crippen molar-refractivity contribution in [3.05, 3.63) is 0 Å². The first-order chi connectivity index (χ1) is 8.02. The van der Waals surface area contributed by atoms with Crippen LogP contribution < -0.4 is 5.32 Å². The van der Waals surface area contributed by atoms with Crippen molar-refractivity contribution in [2.24, 2.45) is 5.92 Å². The summed E-state index contributed by atoms with van der Waals surface area (Å²) in [6, 6.07) is 0. The van der Waals surface area contributed by atoms with E-state index in [4.69, 9.17) is 9.47 Å². The van der Waals surface area contributed by atoms with Crippen LogP contribution in [0.2, 0.25) is 0 Å². The van der Waals surface area contributed by atoms with Crippen LogP contribution in [0.3, 0.4) is 0 Å². The van der Waals surface area contributed by atoms with Gasteiger partial charge in [0, 0.05) is 13.0 Å². The average Bonchev–Trinajstić information content (AvgIpc) is 2.24. The van der Waals surface area contributed by atoms with E-state index in [0.29, 0.717) is 38.7 Å².